The second kappa shape index (κ2) is 11.7. The van der Waals surface area contributed by atoms with Gasteiger partial charge in [-0.1, -0.05) is 56.7 Å². The molecule has 3 heterocycles. The van der Waals surface area contributed by atoms with E-state index in [1.165, 1.54) is 6.92 Å². The Labute approximate surface area is 241 Å². The van der Waals surface area contributed by atoms with Crippen molar-refractivity contribution in [2.24, 2.45) is 5.92 Å². The average Bonchev–Trinajstić information content (AvgIpc) is 3.13. The number of nitrogens with zero attached hydrogens (tertiary/aromatic N) is 2. The Morgan fingerprint density at radius 3 is 2.39 bits per heavy atom. The first-order valence-corrected chi connectivity index (χ1v) is 14.3. The molecular weight excluding hydrogens is 525 g/mol. The van der Waals surface area contributed by atoms with Crippen molar-refractivity contribution in [2.45, 2.75) is 83.9 Å². The van der Waals surface area contributed by atoms with E-state index < -0.39 is 54.3 Å². The molecule has 2 saturated heterocycles. The lowest BCUT2D eigenvalue weighted by Crippen LogP contribution is -2.76. The normalized spacial score (nSPS) is 27.8. The van der Waals surface area contributed by atoms with Crippen molar-refractivity contribution in [3.05, 3.63) is 54.2 Å². The number of likely N-dealkylation sites (N-methyl/N-ethyl adjacent to an activating group) is 1. The highest BCUT2D eigenvalue weighted by atomic mass is 16.7. The van der Waals surface area contributed by atoms with Crippen LogP contribution in [0.1, 0.15) is 64.4 Å². The number of hydrogen-bond acceptors (Lipinski definition) is 8. The molecular formula is C30H40BN3O7. The molecule has 2 unspecified atom stereocenters. The van der Waals surface area contributed by atoms with Crippen LogP contribution in [0.3, 0.4) is 0 Å². The first-order valence-electron chi connectivity index (χ1n) is 14.3. The molecule has 2 aromatic rings. The van der Waals surface area contributed by atoms with E-state index >= 15 is 0 Å². The fourth-order valence-corrected chi connectivity index (χ4v) is 6.52. The lowest BCUT2D eigenvalue weighted by atomic mass is 9.49. The van der Waals surface area contributed by atoms with Gasteiger partial charge in [-0.15, -0.1) is 0 Å². The van der Waals surface area contributed by atoms with Gasteiger partial charge in [0.05, 0.1) is 24.3 Å². The first kappa shape index (κ1) is 30.4. The molecule has 1 aromatic carbocycles. The maximum absolute atomic E-state index is 13.8. The highest BCUT2D eigenvalue weighted by Gasteiger charge is 2.71. The minimum absolute atomic E-state index is 0.0666. The van der Waals surface area contributed by atoms with E-state index in [-0.39, 0.29) is 34.9 Å². The number of carbonyl (C=O) groups excluding carboxylic acids is 4. The highest BCUT2D eigenvalue weighted by Crippen LogP contribution is 2.50. The maximum Gasteiger partial charge on any atom is 0.587 e. The summed E-state index contributed by atoms with van der Waals surface area (Å²) in [5.74, 6) is -2.57. The van der Waals surface area contributed by atoms with Crippen LogP contribution in [-0.4, -0.2) is 76.1 Å². The number of quaternary nitrogens is 1. The van der Waals surface area contributed by atoms with E-state index in [0.29, 0.717) is 12.1 Å². The molecule has 0 bridgehead atoms. The fourth-order valence-electron chi connectivity index (χ4n) is 6.52. The summed E-state index contributed by atoms with van der Waals surface area (Å²) in [6, 6.07) is 12.3. The SMILES string of the molecule is CC(C)C[C@H](CC(=O)[C@@H](NC(=O)c1cccc(-c2ccccc2)n1)[C@@H](C)O)[B-]12OC(=O)C[C@H](C)[N+]1(C)[C@H](C)C(=O)O2. The first-order chi connectivity index (χ1) is 19.3. The Hall–Kier alpha value is -3.57. The second-order valence-electron chi connectivity index (χ2n) is 12.1. The molecule has 1 amide bonds. The largest absolute Gasteiger partial charge is 0.604 e. The zero-order valence-electron chi connectivity index (χ0n) is 24.6. The molecule has 41 heavy (non-hydrogen) atoms. The topological polar surface area (TPSA) is 132 Å². The van der Waals surface area contributed by atoms with Crippen LogP contribution in [0.15, 0.2) is 48.5 Å². The molecule has 0 aliphatic carbocycles. The number of Topliss-reactive ketones (excluding diaryl/α,β-unsaturated/α-hetero) is 1. The smallest absolute Gasteiger partial charge is 0.587 e. The van der Waals surface area contributed by atoms with E-state index in [2.05, 4.69) is 10.3 Å². The lowest BCUT2D eigenvalue weighted by molar-refractivity contribution is -0.861. The van der Waals surface area contributed by atoms with Gasteiger partial charge in [0.2, 0.25) is 0 Å². The zero-order chi connectivity index (χ0) is 30.1. The van der Waals surface area contributed by atoms with Crippen molar-refractivity contribution in [3.8, 4) is 11.3 Å². The quantitative estimate of drug-likeness (QED) is 0.420. The van der Waals surface area contributed by atoms with Crippen LogP contribution in [0.2, 0.25) is 5.82 Å². The highest BCUT2D eigenvalue weighted by molar-refractivity contribution is 6.67. The standard InChI is InChI=1S/C30H40BN3O7/c1-18(2)15-23(31-34(6,20(4)30(39)41-31)19(3)16-27(37)40-31)17-26(36)28(21(5)35)33-29(38)25-14-10-13-24(32-25)22-11-8-7-9-12-22/h7-14,18-21,23,28,35H,15-17H2,1-6H3,(H,33,38)/t19-,20+,21+,23+,28-,31?,34?/m0/s1. The number of rotatable bonds is 10. The number of amides is 1. The molecule has 2 aliphatic rings. The molecule has 0 radical (unpaired) electrons. The van der Waals surface area contributed by atoms with Gasteiger partial charge in [0, 0.05) is 12.6 Å². The molecule has 1 aromatic heterocycles. The third-order valence-corrected chi connectivity index (χ3v) is 8.95. The third-order valence-electron chi connectivity index (χ3n) is 8.95. The number of aliphatic hydroxyl groups excluding tert-OH is 1. The van der Waals surface area contributed by atoms with E-state index in [0.717, 1.165) is 5.56 Å². The van der Waals surface area contributed by atoms with Gasteiger partial charge in [-0.05, 0) is 51.1 Å². The summed E-state index contributed by atoms with van der Waals surface area (Å²) in [7, 11) is 1.85. The van der Waals surface area contributed by atoms with Crippen LogP contribution in [-0.2, 0) is 23.7 Å². The van der Waals surface area contributed by atoms with Crippen molar-refractivity contribution in [1.82, 2.24) is 10.3 Å². The van der Waals surface area contributed by atoms with Crippen LogP contribution in [0.5, 0.6) is 0 Å². The van der Waals surface area contributed by atoms with Gasteiger partial charge in [0.15, 0.2) is 5.78 Å². The Kier molecular flexibility index (Phi) is 8.70. The summed E-state index contributed by atoms with van der Waals surface area (Å²) in [6.07, 6.45) is -0.822. The molecule has 0 saturated carbocycles. The Balaban J connectivity index is 1.62. The van der Waals surface area contributed by atoms with Crippen molar-refractivity contribution >= 4 is 30.3 Å². The van der Waals surface area contributed by atoms with Crippen LogP contribution in [0.4, 0.5) is 0 Å². The van der Waals surface area contributed by atoms with E-state index in [9.17, 15) is 24.3 Å². The van der Waals surface area contributed by atoms with Gasteiger partial charge in [0.1, 0.15) is 17.8 Å². The van der Waals surface area contributed by atoms with Crippen LogP contribution in [0.25, 0.3) is 11.3 Å². The molecule has 11 heteroatoms. The number of nitrogens with one attached hydrogen (secondary N) is 1. The molecule has 10 nitrogen and oxygen atoms in total. The predicted molar refractivity (Wildman–Crippen MR) is 153 cm³/mol. The maximum atomic E-state index is 13.8. The zero-order valence-corrected chi connectivity index (χ0v) is 24.6. The summed E-state index contributed by atoms with van der Waals surface area (Å²) >= 11 is 0. The Morgan fingerprint density at radius 1 is 1.07 bits per heavy atom. The minimum atomic E-state index is -2.59. The van der Waals surface area contributed by atoms with E-state index in [1.807, 2.05) is 58.2 Å². The summed E-state index contributed by atoms with van der Waals surface area (Å²) in [4.78, 5) is 57.2. The number of pyridine rings is 1. The van der Waals surface area contributed by atoms with E-state index in [1.54, 1.807) is 25.1 Å². The molecule has 220 valence electrons. The Morgan fingerprint density at radius 2 is 1.76 bits per heavy atom. The lowest BCUT2D eigenvalue weighted by Gasteiger charge is -2.59. The summed E-state index contributed by atoms with van der Waals surface area (Å²) < 4.78 is 12.0. The number of aliphatic hydroxyl groups is 1. The Bertz CT molecular complexity index is 1320. The number of carbonyl (C=O) groups is 4. The van der Waals surface area contributed by atoms with Crippen molar-refractivity contribution < 1.29 is 38.0 Å². The molecule has 2 aliphatic heterocycles. The van der Waals surface area contributed by atoms with Crippen molar-refractivity contribution in [3.63, 3.8) is 0 Å². The number of benzene rings is 1. The van der Waals surface area contributed by atoms with Crippen LogP contribution >= 0.6 is 0 Å². The summed E-state index contributed by atoms with van der Waals surface area (Å²) in [5.41, 5.74) is 1.53. The van der Waals surface area contributed by atoms with Gasteiger partial charge in [-0.25, -0.2) is 9.78 Å². The summed E-state index contributed by atoms with van der Waals surface area (Å²) in [5, 5.41) is 13.3. The number of hydrogen-bond donors (Lipinski definition) is 2. The minimum Gasteiger partial charge on any atom is -0.604 e. The molecule has 4 rings (SSSR count). The molecule has 0 spiro atoms. The third kappa shape index (κ3) is 5.65. The van der Waals surface area contributed by atoms with E-state index in [4.69, 9.17) is 9.31 Å². The average molecular weight is 565 g/mol. The number of aromatic nitrogens is 1. The molecule has 2 fully saturated rings. The van der Waals surface area contributed by atoms with Gasteiger partial charge in [-0.2, -0.15) is 0 Å². The molecule has 7 atom stereocenters. The number of ketones is 1. The fraction of sp³-hybridized carbons (Fsp3) is 0.500. The van der Waals surface area contributed by atoms with Crippen molar-refractivity contribution in [1.29, 1.82) is 0 Å². The van der Waals surface area contributed by atoms with Gasteiger partial charge >= 0.3 is 12.7 Å². The van der Waals surface area contributed by atoms with Crippen molar-refractivity contribution in [2.75, 3.05) is 7.05 Å². The van der Waals surface area contributed by atoms with Crippen LogP contribution < -0.4 is 5.32 Å². The molecule has 2 N–H and O–H groups in total. The van der Waals surface area contributed by atoms with Gasteiger partial charge < -0.3 is 24.1 Å². The van der Waals surface area contributed by atoms with Gasteiger partial charge in [-0.3, -0.25) is 14.4 Å². The monoisotopic (exact) mass is 565 g/mol. The predicted octanol–water partition coefficient (Wildman–Crippen LogP) is 3.27. The summed E-state index contributed by atoms with van der Waals surface area (Å²) in [6.45, 7) is 6.43. The van der Waals surface area contributed by atoms with Gasteiger partial charge in [0.25, 0.3) is 11.9 Å². The van der Waals surface area contributed by atoms with Crippen LogP contribution in [0, 0.1) is 5.92 Å². The second-order valence-corrected chi connectivity index (χ2v) is 12.1. The number of fused-ring (bicyclic) bond motifs is 1.